The van der Waals surface area contributed by atoms with Gasteiger partial charge in [0.15, 0.2) is 0 Å². The highest BCUT2D eigenvalue weighted by Gasteiger charge is 2.35. The van der Waals surface area contributed by atoms with E-state index in [0.29, 0.717) is 4.73 Å². The van der Waals surface area contributed by atoms with Gasteiger partial charge in [-0.15, -0.1) is 0 Å². The molecule has 1 atom stereocenters. The zero-order chi connectivity index (χ0) is 15.9. The molecule has 0 aliphatic carbocycles. The zero-order valence-corrected chi connectivity index (χ0v) is 11.1. The number of nitrogens with two attached hydrogens (primary N) is 1. The normalized spacial score (nSPS) is 13.6. The van der Waals surface area contributed by atoms with Crippen molar-refractivity contribution in [3.63, 3.8) is 0 Å². The number of carboxylic acids is 1. The Morgan fingerprint density at radius 3 is 2.57 bits per heavy atom. The van der Waals surface area contributed by atoms with Gasteiger partial charge in [-0.05, 0) is 17.7 Å². The summed E-state index contributed by atoms with van der Waals surface area (Å²) in [6, 6.07) is 0.400. The molecule has 2 rings (SSSR count). The lowest BCUT2D eigenvalue weighted by Gasteiger charge is -2.11. The van der Waals surface area contributed by atoms with E-state index in [0.717, 1.165) is 18.3 Å². The van der Waals surface area contributed by atoms with Gasteiger partial charge in [-0.1, -0.05) is 11.6 Å². The van der Waals surface area contributed by atoms with E-state index in [2.05, 4.69) is 0 Å². The molecule has 0 saturated heterocycles. The first-order valence-corrected chi connectivity index (χ1v) is 6.08. The summed E-state index contributed by atoms with van der Waals surface area (Å²) in [5.41, 5.74) is 4.05. The summed E-state index contributed by atoms with van der Waals surface area (Å²) >= 11 is 5.80. The van der Waals surface area contributed by atoms with Gasteiger partial charge < -0.3 is 16.0 Å². The average Bonchev–Trinajstić information content (AvgIpc) is 2.66. The van der Waals surface area contributed by atoms with Crippen LogP contribution >= 0.6 is 11.6 Å². The lowest BCUT2D eigenvalue weighted by molar-refractivity contribution is -0.138. The molecule has 0 aliphatic heterocycles. The summed E-state index contributed by atoms with van der Waals surface area (Å²) < 4.78 is 39.6. The molecule has 9 heteroatoms. The van der Waals surface area contributed by atoms with Gasteiger partial charge in [-0.25, -0.2) is 0 Å². The van der Waals surface area contributed by atoms with E-state index in [9.17, 15) is 23.2 Å². The summed E-state index contributed by atoms with van der Waals surface area (Å²) in [5.74, 6) is -1.36. The molecule has 1 unspecified atom stereocenters. The number of halogens is 4. The molecule has 5 nitrogen and oxygen atoms in total. The number of carbonyl (C=O) groups is 1. The number of hydrogen-bond donors (Lipinski definition) is 3. The predicted octanol–water partition coefficient (Wildman–Crippen LogP) is 2.51. The number of aromatic nitrogens is 1. The smallest absolute Gasteiger partial charge is 0.417 e. The van der Waals surface area contributed by atoms with Crippen LogP contribution in [-0.2, 0) is 17.4 Å². The molecule has 2 aromatic rings. The molecule has 0 saturated carbocycles. The van der Waals surface area contributed by atoms with Gasteiger partial charge in [0.2, 0.25) is 0 Å². The van der Waals surface area contributed by atoms with Crippen LogP contribution < -0.4 is 5.73 Å². The number of aliphatic carboxylic acids is 1. The van der Waals surface area contributed by atoms with Crippen molar-refractivity contribution in [2.75, 3.05) is 0 Å². The largest absolute Gasteiger partial charge is 0.480 e. The Labute approximate surface area is 121 Å². The topological polar surface area (TPSA) is 88.5 Å². The third kappa shape index (κ3) is 2.77. The van der Waals surface area contributed by atoms with E-state index in [1.807, 2.05) is 0 Å². The Morgan fingerprint density at radius 1 is 1.43 bits per heavy atom. The highest BCUT2D eigenvalue weighted by Crippen LogP contribution is 2.39. The number of nitrogens with zero attached hydrogens (tertiary/aromatic N) is 1. The first-order chi connectivity index (χ1) is 9.62. The average molecular weight is 323 g/mol. The molecule has 0 bridgehead atoms. The molecule has 0 spiro atoms. The number of benzene rings is 1. The first-order valence-electron chi connectivity index (χ1n) is 5.70. The number of fused-ring (bicyclic) bond motifs is 1. The van der Waals surface area contributed by atoms with Crippen molar-refractivity contribution in [2.45, 2.75) is 18.6 Å². The second-order valence-corrected chi connectivity index (χ2v) is 4.87. The van der Waals surface area contributed by atoms with Crippen LogP contribution in [0.2, 0.25) is 5.02 Å². The lowest BCUT2D eigenvalue weighted by Crippen LogP contribution is -2.32. The number of alkyl halides is 3. The van der Waals surface area contributed by atoms with Crippen LogP contribution in [0.1, 0.15) is 11.1 Å². The third-order valence-corrected chi connectivity index (χ3v) is 3.32. The summed E-state index contributed by atoms with van der Waals surface area (Å²) in [6.07, 6.45) is -4.07. The molecule has 0 radical (unpaired) electrons. The van der Waals surface area contributed by atoms with Gasteiger partial charge in [0.05, 0.1) is 10.6 Å². The van der Waals surface area contributed by atoms with Gasteiger partial charge in [0, 0.05) is 18.0 Å². The molecule has 0 fully saturated rings. The summed E-state index contributed by atoms with van der Waals surface area (Å²) in [7, 11) is 0. The van der Waals surface area contributed by atoms with Crippen LogP contribution in [0.15, 0.2) is 18.3 Å². The summed E-state index contributed by atoms with van der Waals surface area (Å²) in [4.78, 5) is 10.8. The highest BCUT2D eigenvalue weighted by molar-refractivity contribution is 6.35. The second kappa shape index (κ2) is 5.12. The number of carboxylic acid groups (broad SMARTS) is 1. The molecule has 1 aromatic heterocycles. The van der Waals surface area contributed by atoms with E-state index in [4.69, 9.17) is 22.4 Å². The molecule has 114 valence electrons. The third-order valence-electron chi connectivity index (χ3n) is 3.02. The molecule has 4 N–H and O–H groups in total. The van der Waals surface area contributed by atoms with Crippen molar-refractivity contribution in [1.29, 1.82) is 0 Å². The van der Waals surface area contributed by atoms with E-state index < -0.39 is 23.8 Å². The van der Waals surface area contributed by atoms with Crippen molar-refractivity contribution in [3.8, 4) is 0 Å². The molecule has 0 aliphatic rings. The van der Waals surface area contributed by atoms with Gasteiger partial charge in [0.25, 0.3) is 0 Å². The Kier molecular flexibility index (Phi) is 3.77. The fourth-order valence-electron chi connectivity index (χ4n) is 2.11. The van der Waals surface area contributed by atoms with Crippen molar-refractivity contribution in [1.82, 2.24) is 4.73 Å². The summed E-state index contributed by atoms with van der Waals surface area (Å²) in [6.45, 7) is 0. The lowest BCUT2D eigenvalue weighted by atomic mass is 10.0. The van der Waals surface area contributed by atoms with E-state index >= 15 is 0 Å². The van der Waals surface area contributed by atoms with E-state index in [1.54, 1.807) is 0 Å². The molecule has 0 amide bonds. The maximum Gasteiger partial charge on any atom is 0.417 e. The van der Waals surface area contributed by atoms with Crippen LogP contribution in [0.5, 0.6) is 0 Å². The van der Waals surface area contributed by atoms with Crippen LogP contribution in [0, 0.1) is 0 Å². The SMILES string of the molecule is NC(Cc1cn(O)c2c(Cl)ccc(C(F)(F)F)c12)C(=O)O. The van der Waals surface area contributed by atoms with Crippen LogP contribution in [0.4, 0.5) is 13.2 Å². The Morgan fingerprint density at radius 2 is 2.05 bits per heavy atom. The Bertz CT molecular complexity index is 712. The van der Waals surface area contributed by atoms with Crippen LogP contribution in [0.25, 0.3) is 10.9 Å². The monoisotopic (exact) mass is 322 g/mol. The minimum absolute atomic E-state index is 0.0442. The van der Waals surface area contributed by atoms with Crippen molar-refractivity contribution in [3.05, 3.63) is 34.5 Å². The molecule has 21 heavy (non-hydrogen) atoms. The molecule has 1 heterocycles. The standard InChI is InChI=1S/C12H10ClF3N2O3/c13-7-2-1-6(12(14,15)16)9-5(3-8(17)11(19)20)4-18(21)10(7)9/h1-2,4,8,21H,3,17H2,(H,19,20). The minimum Gasteiger partial charge on any atom is -0.480 e. The van der Waals surface area contributed by atoms with E-state index in [1.165, 1.54) is 0 Å². The van der Waals surface area contributed by atoms with Gasteiger partial charge >= 0.3 is 12.1 Å². The fraction of sp³-hybridized carbons (Fsp3) is 0.250. The van der Waals surface area contributed by atoms with Gasteiger partial charge in [0.1, 0.15) is 11.6 Å². The quantitative estimate of drug-likeness (QED) is 0.758. The van der Waals surface area contributed by atoms with E-state index in [-0.39, 0.29) is 27.9 Å². The van der Waals surface area contributed by atoms with Crippen molar-refractivity contribution in [2.24, 2.45) is 5.73 Å². The molecular formula is C12H10ClF3N2O3. The van der Waals surface area contributed by atoms with Gasteiger partial charge in [-0.2, -0.15) is 17.9 Å². The second-order valence-electron chi connectivity index (χ2n) is 4.46. The maximum atomic E-state index is 13.1. The zero-order valence-electron chi connectivity index (χ0n) is 10.4. The Balaban J connectivity index is 2.72. The van der Waals surface area contributed by atoms with Crippen molar-refractivity contribution < 1.29 is 28.3 Å². The minimum atomic E-state index is -4.67. The number of hydrogen-bond acceptors (Lipinski definition) is 3. The predicted molar refractivity (Wildman–Crippen MR) is 68.4 cm³/mol. The molecular weight excluding hydrogens is 313 g/mol. The van der Waals surface area contributed by atoms with Gasteiger partial charge in [-0.3, -0.25) is 4.79 Å². The van der Waals surface area contributed by atoms with Crippen LogP contribution in [0.3, 0.4) is 0 Å². The first kappa shape index (κ1) is 15.5. The fourth-order valence-corrected chi connectivity index (χ4v) is 2.35. The maximum absolute atomic E-state index is 13.1. The Hall–Kier alpha value is -1.93. The number of rotatable bonds is 3. The van der Waals surface area contributed by atoms with Crippen molar-refractivity contribution >= 4 is 28.5 Å². The molecule has 1 aromatic carbocycles. The summed E-state index contributed by atoms with van der Waals surface area (Å²) in [5, 5.41) is 18.0. The van der Waals surface area contributed by atoms with Crippen LogP contribution in [-0.4, -0.2) is 27.1 Å². The highest BCUT2D eigenvalue weighted by atomic mass is 35.5.